The maximum Gasteiger partial charge on any atom is 0.415 e. The van der Waals surface area contributed by atoms with Crippen molar-refractivity contribution in [2.45, 2.75) is 0 Å². The molecule has 0 aromatic heterocycles. The first-order chi connectivity index (χ1) is 6.72. The first-order valence-corrected chi connectivity index (χ1v) is 3.93. The quantitative estimate of drug-likeness (QED) is 0.713. The number of alkyl carbamates (subject to hydrolysis) is 1. The molecule has 0 unspecified atom stereocenters. The SMILES string of the molecule is COC(=O)NC(=O)Nc1ccccc1. The predicted molar refractivity (Wildman–Crippen MR) is 51.0 cm³/mol. The molecule has 0 spiro atoms. The summed E-state index contributed by atoms with van der Waals surface area (Å²) in [5.41, 5.74) is 0.605. The Balaban J connectivity index is 2.46. The third-order valence-corrected chi connectivity index (χ3v) is 1.43. The molecule has 0 aliphatic carbocycles. The third-order valence-electron chi connectivity index (χ3n) is 1.43. The van der Waals surface area contributed by atoms with Crippen LogP contribution in [0.5, 0.6) is 0 Å². The van der Waals surface area contributed by atoms with Crippen LogP contribution in [0, 0.1) is 0 Å². The Morgan fingerprint density at radius 2 is 1.86 bits per heavy atom. The standard InChI is InChI=1S/C9H10N2O3/c1-14-9(13)11-8(12)10-7-5-3-2-4-6-7/h2-6H,1H3,(H2,10,11,12,13). The third kappa shape index (κ3) is 3.14. The zero-order valence-corrected chi connectivity index (χ0v) is 7.61. The number of urea groups is 1. The van der Waals surface area contributed by atoms with Gasteiger partial charge in [-0.3, -0.25) is 0 Å². The van der Waals surface area contributed by atoms with Crippen LogP contribution in [0.4, 0.5) is 15.3 Å². The van der Waals surface area contributed by atoms with Crippen molar-refractivity contribution < 1.29 is 14.3 Å². The summed E-state index contributed by atoms with van der Waals surface area (Å²) in [6, 6.07) is 8.15. The Kier molecular flexibility index (Phi) is 3.49. The van der Waals surface area contributed by atoms with Crippen LogP contribution in [0.1, 0.15) is 0 Å². The first kappa shape index (κ1) is 10.0. The van der Waals surface area contributed by atoms with Crippen LogP contribution >= 0.6 is 0 Å². The molecule has 0 bridgehead atoms. The number of nitrogens with one attached hydrogen (secondary N) is 2. The van der Waals surface area contributed by atoms with Crippen molar-refractivity contribution in [2.24, 2.45) is 0 Å². The van der Waals surface area contributed by atoms with Gasteiger partial charge in [-0.15, -0.1) is 0 Å². The molecule has 0 saturated carbocycles. The number of ether oxygens (including phenoxy) is 1. The van der Waals surface area contributed by atoms with E-state index in [4.69, 9.17) is 0 Å². The molecule has 0 fully saturated rings. The summed E-state index contributed by atoms with van der Waals surface area (Å²) in [5.74, 6) is 0. The van der Waals surface area contributed by atoms with E-state index in [0.717, 1.165) is 0 Å². The van der Waals surface area contributed by atoms with Crippen molar-refractivity contribution in [2.75, 3.05) is 12.4 Å². The zero-order valence-electron chi connectivity index (χ0n) is 7.61. The summed E-state index contributed by atoms with van der Waals surface area (Å²) in [4.78, 5) is 21.7. The summed E-state index contributed by atoms with van der Waals surface area (Å²) in [7, 11) is 1.19. The Labute approximate surface area is 81.1 Å². The van der Waals surface area contributed by atoms with Gasteiger partial charge in [0.05, 0.1) is 7.11 Å². The average Bonchev–Trinajstić information content (AvgIpc) is 2.19. The lowest BCUT2D eigenvalue weighted by Crippen LogP contribution is -2.34. The van der Waals surface area contributed by atoms with Crippen molar-refractivity contribution in [3.63, 3.8) is 0 Å². The van der Waals surface area contributed by atoms with Gasteiger partial charge in [0.1, 0.15) is 0 Å². The smallest absolute Gasteiger partial charge is 0.415 e. The second-order valence-corrected chi connectivity index (χ2v) is 2.44. The highest BCUT2D eigenvalue weighted by Crippen LogP contribution is 2.03. The van der Waals surface area contributed by atoms with Gasteiger partial charge < -0.3 is 10.1 Å². The van der Waals surface area contributed by atoms with Gasteiger partial charge in [-0.2, -0.15) is 0 Å². The molecule has 1 aromatic rings. The molecular weight excluding hydrogens is 184 g/mol. The van der Waals surface area contributed by atoms with Gasteiger partial charge in [0.2, 0.25) is 0 Å². The molecule has 74 valence electrons. The predicted octanol–water partition coefficient (Wildman–Crippen LogP) is 1.57. The van der Waals surface area contributed by atoms with Gasteiger partial charge in [0.25, 0.3) is 0 Å². The molecular formula is C9H10N2O3. The molecule has 5 heteroatoms. The molecule has 0 radical (unpaired) electrons. The number of benzene rings is 1. The minimum atomic E-state index is -0.793. The molecule has 5 nitrogen and oxygen atoms in total. The van der Waals surface area contributed by atoms with Gasteiger partial charge in [0.15, 0.2) is 0 Å². The van der Waals surface area contributed by atoms with Crippen LogP contribution in [0.3, 0.4) is 0 Å². The van der Waals surface area contributed by atoms with Gasteiger partial charge in [-0.1, -0.05) is 18.2 Å². The van der Waals surface area contributed by atoms with Gasteiger partial charge >= 0.3 is 12.1 Å². The molecule has 0 aliphatic heterocycles. The van der Waals surface area contributed by atoms with E-state index in [-0.39, 0.29) is 0 Å². The minimum absolute atomic E-state index is 0.605. The Hall–Kier alpha value is -2.04. The number of carbonyl (C=O) groups is 2. The van der Waals surface area contributed by atoms with E-state index in [9.17, 15) is 9.59 Å². The van der Waals surface area contributed by atoms with E-state index in [1.807, 2.05) is 11.4 Å². The van der Waals surface area contributed by atoms with Gasteiger partial charge in [-0.05, 0) is 12.1 Å². The summed E-state index contributed by atoms with van der Waals surface area (Å²) in [6.07, 6.45) is -0.793. The van der Waals surface area contributed by atoms with Crippen molar-refractivity contribution in [3.05, 3.63) is 30.3 Å². The fraction of sp³-hybridized carbons (Fsp3) is 0.111. The molecule has 0 atom stereocenters. The van der Waals surface area contributed by atoms with E-state index in [1.54, 1.807) is 24.3 Å². The Morgan fingerprint density at radius 1 is 1.21 bits per heavy atom. The van der Waals surface area contributed by atoms with Crippen LogP contribution in [-0.2, 0) is 4.74 Å². The molecule has 2 N–H and O–H groups in total. The average molecular weight is 194 g/mol. The highest BCUT2D eigenvalue weighted by atomic mass is 16.5. The number of hydrogen-bond donors (Lipinski definition) is 2. The molecule has 0 saturated heterocycles. The summed E-state index contributed by atoms with van der Waals surface area (Å²) >= 11 is 0. The second-order valence-electron chi connectivity index (χ2n) is 2.44. The van der Waals surface area contributed by atoms with Crippen molar-refractivity contribution in [3.8, 4) is 0 Å². The topological polar surface area (TPSA) is 67.4 Å². The van der Waals surface area contributed by atoms with Crippen LogP contribution in [-0.4, -0.2) is 19.2 Å². The molecule has 0 aliphatic rings. The number of rotatable bonds is 1. The van der Waals surface area contributed by atoms with E-state index in [1.165, 1.54) is 7.11 Å². The second kappa shape index (κ2) is 4.86. The highest BCUT2D eigenvalue weighted by Gasteiger charge is 2.05. The van der Waals surface area contributed by atoms with Crippen molar-refractivity contribution in [1.29, 1.82) is 0 Å². The normalized spacial score (nSPS) is 8.93. The van der Waals surface area contributed by atoms with Gasteiger partial charge in [-0.25, -0.2) is 14.9 Å². The van der Waals surface area contributed by atoms with Crippen LogP contribution in [0.15, 0.2) is 30.3 Å². The molecule has 3 amide bonds. The molecule has 14 heavy (non-hydrogen) atoms. The zero-order chi connectivity index (χ0) is 10.4. The Bertz CT molecular complexity index is 324. The minimum Gasteiger partial charge on any atom is -0.453 e. The molecule has 1 rings (SSSR count). The summed E-state index contributed by atoms with van der Waals surface area (Å²) in [5, 5.41) is 4.42. The lowest BCUT2D eigenvalue weighted by molar-refractivity contribution is 0.172. The number of imide groups is 1. The van der Waals surface area contributed by atoms with Crippen LogP contribution in [0.2, 0.25) is 0 Å². The summed E-state index contributed by atoms with van der Waals surface area (Å²) in [6.45, 7) is 0. The number of para-hydroxylation sites is 1. The maximum atomic E-state index is 11.1. The van der Waals surface area contributed by atoms with Crippen molar-refractivity contribution >= 4 is 17.8 Å². The highest BCUT2D eigenvalue weighted by molar-refractivity contribution is 5.98. The molecule has 0 heterocycles. The maximum absolute atomic E-state index is 11.1. The fourth-order valence-corrected chi connectivity index (χ4v) is 0.828. The number of amides is 3. The lowest BCUT2D eigenvalue weighted by Gasteiger charge is -2.04. The number of anilines is 1. The first-order valence-electron chi connectivity index (χ1n) is 3.93. The van der Waals surface area contributed by atoms with E-state index in [2.05, 4.69) is 10.1 Å². The Morgan fingerprint density at radius 3 is 2.43 bits per heavy atom. The van der Waals surface area contributed by atoms with Crippen LogP contribution in [0.25, 0.3) is 0 Å². The van der Waals surface area contributed by atoms with Gasteiger partial charge in [0, 0.05) is 5.69 Å². The number of methoxy groups -OCH3 is 1. The van der Waals surface area contributed by atoms with Crippen molar-refractivity contribution in [1.82, 2.24) is 5.32 Å². The van der Waals surface area contributed by atoms with E-state index in [0.29, 0.717) is 5.69 Å². The van der Waals surface area contributed by atoms with E-state index >= 15 is 0 Å². The fourth-order valence-electron chi connectivity index (χ4n) is 0.828. The number of hydrogen-bond acceptors (Lipinski definition) is 3. The van der Waals surface area contributed by atoms with Crippen LogP contribution < -0.4 is 10.6 Å². The monoisotopic (exact) mass is 194 g/mol. The largest absolute Gasteiger partial charge is 0.453 e. The summed E-state index contributed by atoms with van der Waals surface area (Å²) < 4.78 is 4.25. The lowest BCUT2D eigenvalue weighted by atomic mass is 10.3. The molecule has 1 aromatic carbocycles. The number of carbonyl (C=O) groups excluding carboxylic acids is 2. The van der Waals surface area contributed by atoms with E-state index < -0.39 is 12.1 Å².